The number of aromatic nitrogens is 3. The molecule has 0 radical (unpaired) electrons. The van der Waals surface area contributed by atoms with E-state index in [0.717, 1.165) is 45.2 Å². The smallest absolute Gasteiger partial charge is 0.224 e. The minimum absolute atomic E-state index is 0.0121. The van der Waals surface area contributed by atoms with Crippen molar-refractivity contribution in [1.29, 1.82) is 0 Å². The van der Waals surface area contributed by atoms with Gasteiger partial charge in [0, 0.05) is 29.4 Å². The Kier molecular flexibility index (Phi) is 6.26. The summed E-state index contributed by atoms with van der Waals surface area (Å²) in [7, 11) is 0. The number of carbonyl (C=O) groups is 1. The first-order valence-corrected chi connectivity index (χ1v) is 11.6. The number of amides is 1. The van der Waals surface area contributed by atoms with Crippen LogP contribution in [0.4, 0.5) is 5.69 Å². The van der Waals surface area contributed by atoms with Gasteiger partial charge in [0.25, 0.3) is 0 Å². The van der Waals surface area contributed by atoms with Crippen LogP contribution in [0.15, 0.2) is 97.3 Å². The molecule has 0 aliphatic heterocycles. The molecule has 0 saturated carbocycles. The molecule has 0 fully saturated rings. The van der Waals surface area contributed by atoms with E-state index in [1.807, 2.05) is 109 Å². The average Bonchev–Trinajstić information content (AvgIpc) is 3.29. The Labute approximate surface area is 204 Å². The maximum atomic E-state index is 12.2. The lowest BCUT2D eigenvalue weighted by Gasteiger charge is -2.10. The molecule has 6 nitrogen and oxygen atoms in total. The van der Waals surface area contributed by atoms with Crippen LogP contribution in [0.1, 0.15) is 20.3 Å². The molecule has 5 aromatic rings. The van der Waals surface area contributed by atoms with Gasteiger partial charge >= 0.3 is 0 Å². The molecule has 3 aromatic carbocycles. The monoisotopic (exact) mass is 462 g/mol. The zero-order chi connectivity index (χ0) is 24.2. The van der Waals surface area contributed by atoms with E-state index in [-0.39, 0.29) is 5.91 Å². The van der Waals surface area contributed by atoms with Crippen LogP contribution in [-0.2, 0) is 4.79 Å². The van der Waals surface area contributed by atoms with E-state index in [9.17, 15) is 4.79 Å². The van der Waals surface area contributed by atoms with Gasteiger partial charge in [-0.15, -0.1) is 0 Å². The van der Waals surface area contributed by atoms with Crippen LogP contribution in [-0.4, -0.2) is 20.5 Å². The summed E-state index contributed by atoms with van der Waals surface area (Å²) in [5.74, 6) is 1.88. The minimum atomic E-state index is 0.0121. The molecule has 0 atom stereocenters. The van der Waals surface area contributed by atoms with Gasteiger partial charge in [0.2, 0.25) is 5.91 Å². The lowest BCUT2D eigenvalue weighted by molar-refractivity contribution is -0.116. The Morgan fingerprint density at radius 1 is 0.914 bits per heavy atom. The summed E-state index contributed by atoms with van der Waals surface area (Å²) in [6.07, 6.45) is 4.10. The number of hydrogen-bond donors (Lipinski definition) is 1. The molecule has 0 bridgehead atoms. The highest BCUT2D eigenvalue weighted by molar-refractivity contribution is 5.91. The number of nitrogens with zero attached hydrogens (tertiary/aromatic N) is 3. The van der Waals surface area contributed by atoms with Crippen molar-refractivity contribution in [3.8, 4) is 33.9 Å². The average molecular weight is 463 g/mol. The molecular formula is C29H26N4O2. The Bertz CT molecular complexity index is 1460. The molecule has 0 aliphatic carbocycles. The second-order valence-electron chi connectivity index (χ2n) is 8.79. The molecule has 0 unspecified atom stereocenters. The highest BCUT2D eigenvalue weighted by atomic mass is 16.5. The van der Waals surface area contributed by atoms with E-state index in [4.69, 9.17) is 4.74 Å². The molecule has 0 saturated heterocycles. The Morgan fingerprint density at radius 3 is 2.46 bits per heavy atom. The van der Waals surface area contributed by atoms with Crippen LogP contribution in [0.2, 0.25) is 0 Å². The zero-order valence-electron chi connectivity index (χ0n) is 19.7. The third-order valence-corrected chi connectivity index (χ3v) is 5.58. The number of hydrogen-bond acceptors (Lipinski definition) is 4. The van der Waals surface area contributed by atoms with Gasteiger partial charge in [0.1, 0.15) is 11.5 Å². The SMILES string of the molecule is CC(C)CC(=O)Nc1cccc(-c2ccnc3c(-c4ccc(Oc5ccccc5)cc4)cnn23)c1. The number of ether oxygens (including phenoxy) is 1. The van der Waals surface area contributed by atoms with E-state index in [0.29, 0.717) is 12.3 Å². The molecule has 0 aliphatic rings. The topological polar surface area (TPSA) is 68.5 Å². The van der Waals surface area contributed by atoms with Crippen LogP contribution >= 0.6 is 0 Å². The summed E-state index contributed by atoms with van der Waals surface area (Å²) in [5.41, 5.74) is 5.29. The van der Waals surface area contributed by atoms with Crippen LogP contribution in [0, 0.1) is 5.92 Å². The predicted molar refractivity (Wildman–Crippen MR) is 138 cm³/mol. The first-order valence-electron chi connectivity index (χ1n) is 11.6. The number of rotatable bonds is 7. The van der Waals surface area contributed by atoms with Gasteiger partial charge in [-0.3, -0.25) is 4.79 Å². The minimum Gasteiger partial charge on any atom is -0.457 e. The molecule has 0 spiro atoms. The van der Waals surface area contributed by atoms with Gasteiger partial charge in [-0.1, -0.05) is 56.3 Å². The van der Waals surface area contributed by atoms with Crippen LogP contribution in [0.3, 0.4) is 0 Å². The third kappa shape index (κ3) is 5.06. The summed E-state index contributed by atoms with van der Waals surface area (Å²) in [6.45, 7) is 4.06. The Hall–Kier alpha value is -4.45. The number of fused-ring (bicyclic) bond motifs is 1. The fourth-order valence-corrected chi connectivity index (χ4v) is 3.98. The van der Waals surface area contributed by atoms with Crippen molar-refractivity contribution in [2.75, 3.05) is 5.32 Å². The summed E-state index contributed by atoms with van der Waals surface area (Å²) >= 11 is 0. The lowest BCUT2D eigenvalue weighted by Crippen LogP contribution is -2.13. The van der Waals surface area contributed by atoms with E-state index in [1.165, 1.54) is 0 Å². The fourth-order valence-electron chi connectivity index (χ4n) is 3.98. The van der Waals surface area contributed by atoms with Gasteiger partial charge in [-0.05, 0) is 53.9 Å². The number of para-hydroxylation sites is 1. The second kappa shape index (κ2) is 9.81. The van der Waals surface area contributed by atoms with Crippen molar-refractivity contribution < 1.29 is 9.53 Å². The van der Waals surface area contributed by atoms with E-state index in [1.54, 1.807) is 6.20 Å². The van der Waals surface area contributed by atoms with Crippen molar-refractivity contribution in [1.82, 2.24) is 14.6 Å². The fraction of sp³-hybridized carbons (Fsp3) is 0.138. The molecule has 1 amide bonds. The zero-order valence-corrected chi connectivity index (χ0v) is 19.7. The van der Waals surface area contributed by atoms with Crippen molar-refractivity contribution in [3.63, 3.8) is 0 Å². The molecule has 1 N–H and O–H groups in total. The predicted octanol–water partition coefficient (Wildman–Crippen LogP) is 6.84. The van der Waals surface area contributed by atoms with Crippen molar-refractivity contribution in [2.45, 2.75) is 20.3 Å². The third-order valence-electron chi connectivity index (χ3n) is 5.58. The number of carbonyl (C=O) groups excluding carboxylic acids is 1. The standard InChI is InChI=1S/C29H26N4O2/c1-20(2)17-28(34)32-23-8-6-7-22(18-23)27-15-16-30-29-26(19-31-33(27)29)21-11-13-25(14-12-21)35-24-9-4-3-5-10-24/h3-16,18-20H,17H2,1-2H3,(H,32,34). The van der Waals surface area contributed by atoms with E-state index >= 15 is 0 Å². The Morgan fingerprint density at radius 2 is 1.69 bits per heavy atom. The van der Waals surface area contributed by atoms with Crippen LogP contribution in [0.5, 0.6) is 11.5 Å². The number of nitrogens with one attached hydrogen (secondary N) is 1. The summed E-state index contributed by atoms with van der Waals surface area (Å²) in [6, 6.07) is 27.3. The quantitative estimate of drug-likeness (QED) is 0.287. The van der Waals surface area contributed by atoms with Gasteiger partial charge in [0.15, 0.2) is 5.65 Å². The normalized spacial score (nSPS) is 11.1. The van der Waals surface area contributed by atoms with Crippen molar-refractivity contribution >= 4 is 17.2 Å². The maximum Gasteiger partial charge on any atom is 0.224 e. The first-order chi connectivity index (χ1) is 17.1. The lowest BCUT2D eigenvalue weighted by atomic mass is 10.1. The Balaban J connectivity index is 1.42. The van der Waals surface area contributed by atoms with Gasteiger partial charge in [-0.2, -0.15) is 5.10 Å². The highest BCUT2D eigenvalue weighted by Gasteiger charge is 2.13. The van der Waals surface area contributed by atoms with Gasteiger partial charge < -0.3 is 10.1 Å². The van der Waals surface area contributed by atoms with Gasteiger partial charge in [-0.25, -0.2) is 9.50 Å². The molecule has 174 valence electrons. The molecule has 2 aromatic heterocycles. The molecule has 35 heavy (non-hydrogen) atoms. The van der Waals surface area contributed by atoms with Gasteiger partial charge in [0.05, 0.1) is 11.9 Å². The van der Waals surface area contributed by atoms with Crippen molar-refractivity contribution in [2.24, 2.45) is 5.92 Å². The summed E-state index contributed by atoms with van der Waals surface area (Å²) < 4.78 is 7.74. The maximum absolute atomic E-state index is 12.2. The highest BCUT2D eigenvalue weighted by Crippen LogP contribution is 2.30. The first kappa shape index (κ1) is 22.3. The summed E-state index contributed by atoms with van der Waals surface area (Å²) in [4.78, 5) is 16.8. The van der Waals surface area contributed by atoms with Crippen LogP contribution in [0.25, 0.3) is 28.0 Å². The number of anilines is 1. The van der Waals surface area contributed by atoms with E-state index in [2.05, 4.69) is 15.4 Å². The molecular weight excluding hydrogens is 436 g/mol. The van der Waals surface area contributed by atoms with Crippen LogP contribution < -0.4 is 10.1 Å². The molecule has 2 heterocycles. The number of benzene rings is 3. The molecule has 5 rings (SSSR count). The molecule has 6 heteroatoms. The van der Waals surface area contributed by atoms with E-state index < -0.39 is 0 Å². The summed E-state index contributed by atoms with van der Waals surface area (Å²) in [5, 5.41) is 7.62. The van der Waals surface area contributed by atoms with Crippen molar-refractivity contribution in [3.05, 3.63) is 97.3 Å². The largest absolute Gasteiger partial charge is 0.457 e. The second-order valence-corrected chi connectivity index (χ2v) is 8.79.